The summed E-state index contributed by atoms with van der Waals surface area (Å²) in [6.07, 6.45) is 0.848. The molecule has 0 N–H and O–H groups in total. The highest BCUT2D eigenvalue weighted by Gasteiger charge is 2.08. The van der Waals surface area contributed by atoms with Crippen molar-refractivity contribution in [1.29, 1.82) is 0 Å². The third kappa shape index (κ3) is 2.28. The summed E-state index contributed by atoms with van der Waals surface area (Å²) >= 11 is 0. The van der Waals surface area contributed by atoms with Gasteiger partial charge in [-0.3, -0.25) is 4.79 Å². The Balaban J connectivity index is 2.68. The molecule has 3 nitrogen and oxygen atoms in total. The summed E-state index contributed by atoms with van der Waals surface area (Å²) in [7, 11) is 0. The Morgan fingerprint density at radius 3 is 2.76 bits per heavy atom. The lowest BCUT2D eigenvalue weighted by atomic mass is 10.1. The highest BCUT2D eigenvalue weighted by molar-refractivity contribution is 5.90. The van der Waals surface area contributed by atoms with Crippen molar-refractivity contribution >= 4 is 17.2 Å². The van der Waals surface area contributed by atoms with E-state index in [1.165, 1.54) is 0 Å². The second-order valence-corrected chi connectivity index (χ2v) is 4.30. The van der Waals surface area contributed by atoms with E-state index in [9.17, 15) is 4.79 Å². The summed E-state index contributed by atoms with van der Waals surface area (Å²) in [5, 5.41) is 1.02. The Hall–Kier alpha value is -1.90. The maximum Gasteiger partial charge on any atom is 0.168 e. The van der Waals surface area contributed by atoms with Crippen LogP contribution in [0.3, 0.4) is 0 Å². The largest absolute Gasteiger partial charge is 0.489 e. The van der Waals surface area contributed by atoms with Crippen molar-refractivity contribution < 1.29 is 9.53 Å². The third-order valence-corrected chi connectivity index (χ3v) is 2.51. The number of rotatable bonds is 3. The second kappa shape index (κ2) is 4.53. The van der Waals surface area contributed by atoms with Crippen LogP contribution >= 0.6 is 0 Å². The number of aryl methyl sites for hydroxylation is 1. The fourth-order valence-electron chi connectivity index (χ4n) is 1.83. The number of carbonyl (C=O) groups excluding carboxylic acids is 1. The number of nitrogens with zero attached hydrogens (tertiary/aromatic N) is 1. The molecule has 0 unspecified atom stereocenters. The van der Waals surface area contributed by atoms with Crippen LogP contribution in [0.5, 0.6) is 5.75 Å². The minimum Gasteiger partial charge on any atom is -0.489 e. The summed E-state index contributed by atoms with van der Waals surface area (Å²) in [4.78, 5) is 15.1. The minimum atomic E-state index is 0.0857. The van der Waals surface area contributed by atoms with Gasteiger partial charge in [0.25, 0.3) is 0 Å². The van der Waals surface area contributed by atoms with Crippen LogP contribution in [0.25, 0.3) is 10.9 Å². The Morgan fingerprint density at radius 2 is 2.12 bits per heavy atom. The number of ether oxygens (including phenoxy) is 1. The Labute approximate surface area is 100 Å². The molecule has 1 aromatic heterocycles. The van der Waals surface area contributed by atoms with E-state index in [1.807, 2.05) is 39.0 Å². The van der Waals surface area contributed by atoms with Crippen LogP contribution in [0.15, 0.2) is 24.3 Å². The van der Waals surface area contributed by atoms with E-state index in [1.54, 1.807) is 6.07 Å². The molecule has 0 bridgehead atoms. The maximum atomic E-state index is 10.8. The fourth-order valence-corrected chi connectivity index (χ4v) is 1.83. The van der Waals surface area contributed by atoms with E-state index in [2.05, 4.69) is 4.98 Å². The average Bonchev–Trinajstić information content (AvgIpc) is 2.29. The lowest BCUT2D eigenvalue weighted by molar-refractivity contribution is 0.111. The molecule has 0 spiro atoms. The molecule has 88 valence electrons. The number of aldehydes is 1. The lowest BCUT2D eigenvalue weighted by Crippen LogP contribution is -2.06. The molecule has 1 aromatic carbocycles. The molecule has 0 saturated heterocycles. The van der Waals surface area contributed by atoms with E-state index < -0.39 is 0 Å². The number of para-hydroxylation sites is 1. The van der Waals surface area contributed by atoms with Crippen molar-refractivity contribution in [2.45, 2.75) is 26.9 Å². The van der Waals surface area contributed by atoms with E-state index in [0.717, 1.165) is 28.5 Å². The summed E-state index contributed by atoms with van der Waals surface area (Å²) in [6.45, 7) is 5.90. The number of hydrogen-bond donors (Lipinski definition) is 0. The normalized spacial score (nSPS) is 10.8. The highest BCUT2D eigenvalue weighted by Crippen LogP contribution is 2.27. The monoisotopic (exact) mass is 229 g/mol. The molecule has 0 aliphatic rings. The van der Waals surface area contributed by atoms with Gasteiger partial charge in [-0.25, -0.2) is 4.98 Å². The second-order valence-electron chi connectivity index (χ2n) is 4.30. The molecule has 0 amide bonds. The maximum absolute atomic E-state index is 10.8. The first-order valence-corrected chi connectivity index (χ1v) is 5.64. The summed E-state index contributed by atoms with van der Waals surface area (Å²) in [6, 6.07) is 7.59. The molecule has 0 atom stereocenters. The van der Waals surface area contributed by atoms with Crippen molar-refractivity contribution in [2.24, 2.45) is 0 Å². The van der Waals surface area contributed by atoms with E-state index in [-0.39, 0.29) is 6.10 Å². The van der Waals surface area contributed by atoms with Gasteiger partial charge < -0.3 is 4.74 Å². The van der Waals surface area contributed by atoms with Gasteiger partial charge in [0.15, 0.2) is 6.29 Å². The Bertz CT molecular complexity index is 561. The van der Waals surface area contributed by atoms with Crippen LogP contribution in [0.1, 0.15) is 29.9 Å². The van der Waals surface area contributed by atoms with Gasteiger partial charge in [-0.1, -0.05) is 12.1 Å². The molecule has 2 aromatic rings. The first kappa shape index (κ1) is 11.6. The zero-order valence-electron chi connectivity index (χ0n) is 10.2. The molecular formula is C14H15NO2. The van der Waals surface area contributed by atoms with E-state index in [4.69, 9.17) is 4.74 Å². The number of pyridine rings is 1. The van der Waals surface area contributed by atoms with Gasteiger partial charge in [-0.05, 0) is 38.5 Å². The average molecular weight is 229 g/mol. The first-order valence-electron chi connectivity index (χ1n) is 5.64. The van der Waals surface area contributed by atoms with Crippen LogP contribution < -0.4 is 4.74 Å². The van der Waals surface area contributed by atoms with Crippen LogP contribution in [0, 0.1) is 6.92 Å². The zero-order chi connectivity index (χ0) is 12.4. The van der Waals surface area contributed by atoms with Crippen molar-refractivity contribution in [3.63, 3.8) is 0 Å². The fraction of sp³-hybridized carbons (Fsp3) is 0.286. The van der Waals surface area contributed by atoms with Crippen molar-refractivity contribution in [3.8, 4) is 5.75 Å². The number of aromatic nitrogens is 1. The van der Waals surface area contributed by atoms with E-state index in [0.29, 0.717) is 5.69 Å². The van der Waals surface area contributed by atoms with Gasteiger partial charge in [-0.2, -0.15) is 0 Å². The van der Waals surface area contributed by atoms with Gasteiger partial charge in [0.05, 0.1) is 6.10 Å². The van der Waals surface area contributed by atoms with Crippen LogP contribution in [0.2, 0.25) is 0 Å². The highest BCUT2D eigenvalue weighted by atomic mass is 16.5. The predicted molar refractivity (Wildman–Crippen MR) is 67.6 cm³/mol. The molecule has 3 heteroatoms. The lowest BCUT2D eigenvalue weighted by Gasteiger charge is -2.12. The summed E-state index contributed by atoms with van der Waals surface area (Å²) in [5.41, 5.74) is 2.23. The van der Waals surface area contributed by atoms with Crippen molar-refractivity contribution in [3.05, 3.63) is 35.5 Å². The van der Waals surface area contributed by atoms with Gasteiger partial charge in [0.1, 0.15) is 17.0 Å². The minimum absolute atomic E-state index is 0.0857. The molecule has 0 saturated carbocycles. The molecule has 0 fully saturated rings. The molecule has 17 heavy (non-hydrogen) atoms. The third-order valence-electron chi connectivity index (χ3n) is 2.51. The quantitative estimate of drug-likeness (QED) is 0.759. The number of carbonyl (C=O) groups is 1. The van der Waals surface area contributed by atoms with Crippen LogP contribution in [-0.2, 0) is 0 Å². The Kier molecular flexibility index (Phi) is 3.09. The molecule has 0 radical (unpaired) electrons. The van der Waals surface area contributed by atoms with Crippen molar-refractivity contribution in [2.75, 3.05) is 0 Å². The molecular weight excluding hydrogens is 214 g/mol. The van der Waals surface area contributed by atoms with Crippen LogP contribution in [-0.4, -0.2) is 17.4 Å². The summed E-state index contributed by atoms with van der Waals surface area (Å²) in [5.74, 6) is 0.726. The van der Waals surface area contributed by atoms with Gasteiger partial charge >= 0.3 is 0 Å². The SMILES string of the molecule is Cc1cc(C=O)nc2c(OC(C)C)cccc12. The van der Waals surface area contributed by atoms with Gasteiger partial charge in [0.2, 0.25) is 0 Å². The van der Waals surface area contributed by atoms with Gasteiger partial charge in [-0.15, -0.1) is 0 Å². The molecule has 1 heterocycles. The van der Waals surface area contributed by atoms with E-state index >= 15 is 0 Å². The number of fused-ring (bicyclic) bond motifs is 1. The zero-order valence-corrected chi connectivity index (χ0v) is 10.2. The first-order chi connectivity index (χ1) is 8.11. The summed E-state index contributed by atoms with van der Waals surface area (Å²) < 4.78 is 5.70. The molecule has 0 aliphatic heterocycles. The predicted octanol–water partition coefficient (Wildman–Crippen LogP) is 3.14. The van der Waals surface area contributed by atoms with Gasteiger partial charge in [0, 0.05) is 5.39 Å². The standard InChI is InChI=1S/C14H15NO2/c1-9(2)17-13-6-4-5-12-10(3)7-11(8-16)15-14(12)13/h4-9H,1-3H3. The van der Waals surface area contributed by atoms with Crippen molar-refractivity contribution in [1.82, 2.24) is 4.98 Å². The Morgan fingerprint density at radius 1 is 1.35 bits per heavy atom. The molecule has 2 rings (SSSR count). The number of benzene rings is 1. The van der Waals surface area contributed by atoms with Crippen LogP contribution in [0.4, 0.5) is 0 Å². The topological polar surface area (TPSA) is 39.2 Å². The smallest absolute Gasteiger partial charge is 0.168 e. The molecule has 0 aliphatic carbocycles. The number of hydrogen-bond acceptors (Lipinski definition) is 3.